The van der Waals surface area contributed by atoms with Gasteiger partial charge in [0, 0.05) is 22.1 Å². The molecule has 0 unspecified atom stereocenters. The van der Waals surface area contributed by atoms with E-state index in [0.29, 0.717) is 10.0 Å². The van der Waals surface area contributed by atoms with Gasteiger partial charge in [-0.3, -0.25) is 0 Å². The van der Waals surface area contributed by atoms with Crippen molar-refractivity contribution in [2.75, 3.05) is 6.61 Å². The zero-order valence-corrected chi connectivity index (χ0v) is 10.3. The second kappa shape index (κ2) is 5.71. The first-order valence-corrected chi connectivity index (χ1v) is 5.62. The smallest absolute Gasteiger partial charge is 0.0582 e. The standard InChI is InChI=1S/C11H15Cl2NO/c1-7(6-15)14-8(2)10-5-9(12)3-4-11(10)13/h3-5,7-8,14-15H,6H2,1-2H3/t7-,8-/m1/s1. The summed E-state index contributed by atoms with van der Waals surface area (Å²) in [5.41, 5.74) is 0.949. The Hall–Kier alpha value is -0.280. The predicted molar refractivity (Wildman–Crippen MR) is 64.6 cm³/mol. The number of hydrogen-bond donors (Lipinski definition) is 2. The first-order valence-electron chi connectivity index (χ1n) is 4.86. The lowest BCUT2D eigenvalue weighted by molar-refractivity contribution is 0.243. The van der Waals surface area contributed by atoms with Crippen LogP contribution in [0.2, 0.25) is 10.0 Å². The van der Waals surface area contributed by atoms with E-state index in [9.17, 15) is 0 Å². The minimum Gasteiger partial charge on any atom is -0.395 e. The summed E-state index contributed by atoms with van der Waals surface area (Å²) in [5.74, 6) is 0. The molecule has 0 aromatic heterocycles. The zero-order chi connectivity index (χ0) is 11.4. The molecule has 0 bridgehead atoms. The fraction of sp³-hybridized carbons (Fsp3) is 0.455. The van der Waals surface area contributed by atoms with Gasteiger partial charge in [-0.2, -0.15) is 0 Å². The van der Waals surface area contributed by atoms with Crippen LogP contribution in [0.3, 0.4) is 0 Å². The summed E-state index contributed by atoms with van der Waals surface area (Å²) in [6, 6.07) is 5.48. The Morgan fingerprint density at radius 1 is 1.33 bits per heavy atom. The average Bonchev–Trinajstić information content (AvgIpc) is 2.21. The highest BCUT2D eigenvalue weighted by Crippen LogP contribution is 2.26. The van der Waals surface area contributed by atoms with Crippen molar-refractivity contribution in [1.29, 1.82) is 0 Å². The van der Waals surface area contributed by atoms with Gasteiger partial charge in [0.15, 0.2) is 0 Å². The van der Waals surface area contributed by atoms with Crippen molar-refractivity contribution in [1.82, 2.24) is 5.32 Å². The minimum absolute atomic E-state index is 0.0371. The lowest BCUT2D eigenvalue weighted by Crippen LogP contribution is -2.31. The largest absolute Gasteiger partial charge is 0.395 e. The Bertz CT molecular complexity index is 330. The van der Waals surface area contributed by atoms with E-state index in [0.717, 1.165) is 5.56 Å². The van der Waals surface area contributed by atoms with Crippen LogP contribution in [0.1, 0.15) is 25.5 Å². The quantitative estimate of drug-likeness (QED) is 0.858. The molecule has 84 valence electrons. The van der Waals surface area contributed by atoms with Gasteiger partial charge in [0.05, 0.1) is 6.61 Å². The number of rotatable bonds is 4. The van der Waals surface area contributed by atoms with Crippen LogP contribution >= 0.6 is 23.2 Å². The molecule has 0 aliphatic heterocycles. The molecule has 1 aromatic carbocycles. The lowest BCUT2D eigenvalue weighted by atomic mass is 10.1. The lowest BCUT2D eigenvalue weighted by Gasteiger charge is -2.19. The molecule has 0 fully saturated rings. The fourth-order valence-corrected chi connectivity index (χ4v) is 1.88. The third-order valence-electron chi connectivity index (χ3n) is 2.23. The van der Waals surface area contributed by atoms with Gasteiger partial charge < -0.3 is 10.4 Å². The third kappa shape index (κ3) is 3.65. The number of halogens is 2. The molecule has 4 heteroatoms. The van der Waals surface area contributed by atoms with Crippen molar-refractivity contribution in [3.63, 3.8) is 0 Å². The highest BCUT2D eigenvalue weighted by molar-refractivity contribution is 6.33. The summed E-state index contributed by atoms with van der Waals surface area (Å²) >= 11 is 12.0. The van der Waals surface area contributed by atoms with Crippen molar-refractivity contribution in [2.45, 2.75) is 25.9 Å². The number of aliphatic hydroxyl groups is 1. The van der Waals surface area contributed by atoms with Gasteiger partial charge in [0.2, 0.25) is 0 Å². The minimum atomic E-state index is 0.0371. The third-order valence-corrected chi connectivity index (χ3v) is 2.81. The Balaban J connectivity index is 2.80. The summed E-state index contributed by atoms with van der Waals surface area (Å²) in [5, 5.41) is 13.5. The van der Waals surface area contributed by atoms with E-state index in [-0.39, 0.29) is 18.7 Å². The molecular weight excluding hydrogens is 233 g/mol. The number of benzene rings is 1. The van der Waals surface area contributed by atoms with Gasteiger partial charge in [0.1, 0.15) is 0 Å². The molecule has 1 rings (SSSR count). The molecule has 0 radical (unpaired) electrons. The van der Waals surface area contributed by atoms with Crippen LogP contribution in [-0.4, -0.2) is 17.8 Å². The molecular formula is C11H15Cl2NO. The number of hydrogen-bond acceptors (Lipinski definition) is 2. The second-order valence-corrected chi connectivity index (χ2v) is 4.48. The monoisotopic (exact) mass is 247 g/mol. The first-order chi connectivity index (χ1) is 7.04. The molecule has 1 aromatic rings. The van der Waals surface area contributed by atoms with Crippen LogP contribution in [0.4, 0.5) is 0 Å². The van der Waals surface area contributed by atoms with E-state index in [2.05, 4.69) is 5.32 Å². The van der Waals surface area contributed by atoms with E-state index in [4.69, 9.17) is 28.3 Å². The van der Waals surface area contributed by atoms with E-state index < -0.39 is 0 Å². The van der Waals surface area contributed by atoms with Crippen LogP contribution in [0.15, 0.2) is 18.2 Å². The average molecular weight is 248 g/mol. The van der Waals surface area contributed by atoms with E-state index in [1.807, 2.05) is 19.9 Å². The van der Waals surface area contributed by atoms with Gasteiger partial charge in [-0.1, -0.05) is 23.2 Å². The van der Waals surface area contributed by atoms with Gasteiger partial charge in [-0.25, -0.2) is 0 Å². The summed E-state index contributed by atoms with van der Waals surface area (Å²) < 4.78 is 0. The SMILES string of the molecule is C[C@H](CO)N[C@H](C)c1cc(Cl)ccc1Cl. The molecule has 0 heterocycles. The van der Waals surface area contributed by atoms with Gasteiger partial charge >= 0.3 is 0 Å². The molecule has 0 aliphatic rings. The topological polar surface area (TPSA) is 32.3 Å². The molecule has 0 amide bonds. The van der Waals surface area contributed by atoms with Crippen molar-refractivity contribution >= 4 is 23.2 Å². The van der Waals surface area contributed by atoms with Crippen molar-refractivity contribution in [2.24, 2.45) is 0 Å². The fourth-order valence-electron chi connectivity index (χ4n) is 1.42. The maximum atomic E-state index is 8.93. The highest BCUT2D eigenvalue weighted by atomic mass is 35.5. The molecule has 2 nitrogen and oxygen atoms in total. The summed E-state index contributed by atoms with van der Waals surface area (Å²) in [4.78, 5) is 0. The van der Waals surface area contributed by atoms with E-state index in [1.165, 1.54) is 0 Å². The van der Waals surface area contributed by atoms with Crippen molar-refractivity contribution in [3.05, 3.63) is 33.8 Å². The van der Waals surface area contributed by atoms with Gasteiger partial charge in [0.25, 0.3) is 0 Å². The first kappa shape index (κ1) is 12.8. The summed E-state index contributed by atoms with van der Waals surface area (Å²) in [6.07, 6.45) is 0. The Morgan fingerprint density at radius 2 is 2.00 bits per heavy atom. The molecule has 2 atom stereocenters. The molecule has 2 N–H and O–H groups in total. The van der Waals surface area contributed by atoms with Crippen LogP contribution in [0.5, 0.6) is 0 Å². The molecule has 15 heavy (non-hydrogen) atoms. The number of aliphatic hydroxyl groups excluding tert-OH is 1. The molecule has 0 saturated carbocycles. The van der Waals surface area contributed by atoms with Crippen LogP contribution in [-0.2, 0) is 0 Å². The van der Waals surface area contributed by atoms with E-state index >= 15 is 0 Å². The maximum Gasteiger partial charge on any atom is 0.0582 e. The van der Waals surface area contributed by atoms with Crippen LogP contribution in [0, 0.1) is 0 Å². The summed E-state index contributed by atoms with van der Waals surface area (Å²) in [7, 11) is 0. The predicted octanol–water partition coefficient (Wildman–Crippen LogP) is 3.02. The van der Waals surface area contributed by atoms with Crippen molar-refractivity contribution < 1.29 is 5.11 Å². The highest BCUT2D eigenvalue weighted by Gasteiger charge is 2.12. The van der Waals surface area contributed by atoms with Crippen molar-refractivity contribution in [3.8, 4) is 0 Å². The van der Waals surface area contributed by atoms with Gasteiger partial charge in [-0.05, 0) is 37.6 Å². The Morgan fingerprint density at radius 3 is 2.60 bits per heavy atom. The molecule has 0 aliphatic carbocycles. The van der Waals surface area contributed by atoms with E-state index in [1.54, 1.807) is 12.1 Å². The van der Waals surface area contributed by atoms with Gasteiger partial charge in [-0.15, -0.1) is 0 Å². The second-order valence-electron chi connectivity index (χ2n) is 3.64. The normalized spacial score (nSPS) is 15.0. The Labute approximate surface area is 100 Å². The molecule has 0 saturated heterocycles. The van der Waals surface area contributed by atoms with Crippen LogP contribution < -0.4 is 5.32 Å². The Kier molecular flexibility index (Phi) is 4.87. The number of nitrogens with one attached hydrogen (secondary N) is 1. The molecule has 0 spiro atoms. The zero-order valence-electron chi connectivity index (χ0n) is 8.80. The van der Waals surface area contributed by atoms with Crippen LogP contribution in [0.25, 0.3) is 0 Å². The maximum absolute atomic E-state index is 8.93. The summed E-state index contributed by atoms with van der Waals surface area (Å²) in [6.45, 7) is 4.00.